The summed E-state index contributed by atoms with van der Waals surface area (Å²) >= 11 is 0. The molecule has 1 fully saturated rings. The van der Waals surface area contributed by atoms with Crippen LogP contribution in [0.3, 0.4) is 0 Å². The van der Waals surface area contributed by atoms with Gasteiger partial charge in [0, 0.05) is 25.3 Å². The second-order valence-electron chi connectivity index (χ2n) is 5.23. The van der Waals surface area contributed by atoms with Crippen molar-refractivity contribution in [1.29, 1.82) is 0 Å². The van der Waals surface area contributed by atoms with Crippen LogP contribution >= 0.6 is 0 Å². The Morgan fingerprint density at radius 1 is 1.26 bits per heavy atom. The highest BCUT2D eigenvalue weighted by molar-refractivity contribution is 5.96. The minimum atomic E-state index is -1.19. The van der Waals surface area contributed by atoms with Crippen LogP contribution in [0.15, 0.2) is 0 Å². The van der Waals surface area contributed by atoms with Crippen LogP contribution in [0.5, 0.6) is 0 Å². The van der Waals surface area contributed by atoms with E-state index in [1.807, 2.05) is 0 Å². The highest BCUT2D eigenvalue weighted by atomic mass is 16.4. The number of carboxylic acid groups (broad SMARTS) is 2. The van der Waals surface area contributed by atoms with Gasteiger partial charge < -0.3 is 26.2 Å². The first-order chi connectivity index (χ1) is 10.7. The summed E-state index contributed by atoms with van der Waals surface area (Å²) in [5.74, 6) is -4.66. The molecule has 1 aliphatic rings. The van der Waals surface area contributed by atoms with E-state index in [4.69, 9.17) is 15.9 Å². The summed E-state index contributed by atoms with van der Waals surface area (Å²) in [6, 6.07) is -1.07. The van der Waals surface area contributed by atoms with Crippen LogP contribution in [-0.4, -0.2) is 70.3 Å². The number of hydrogen-bond donors (Lipinski definition) is 4. The van der Waals surface area contributed by atoms with E-state index in [2.05, 4.69) is 5.32 Å². The monoisotopic (exact) mass is 329 g/mol. The lowest BCUT2D eigenvalue weighted by Crippen LogP contribution is -2.46. The first-order valence-corrected chi connectivity index (χ1v) is 6.99. The molecule has 1 rings (SSSR count). The lowest BCUT2D eigenvalue weighted by Gasteiger charge is -2.20. The van der Waals surface area contributed by atoms with Crippen molar-refractivity contribution >= 4 is 29.5 Å². The minimum absolute atomic E-state index is 0.0635. The van der Waals surface area contributed by atoms with Crippen LogP contribution in [-0.2, 0) is 24.0 Å². The SMILES string of the molecule is NCC(=O)N[C@@H](CCC(=O)O)C(=O)[C@H]1CC(=O)N(CC(=O)O)C1. The molecule has 10 heteroatoms. The molecule has 128 valence electrons. The summed E-state index contributed by atoms with van der Waals surface area (Å²) in [5.41, 5.74) is 5.16. The van der Waals surface area contributed by atoms with Gasteiger partial charge in [-0.2, -0.15) is 0 Å². The maximum Gasteiger partial charge on any atom is 0.323 e. The fourth-order valence-corrected chi connectivity index (χ4v) is 2.37. The third-order valence-corrected chi connectivity index (χ3v) is 3.45. The van der Waals surface area contributed by atoms with Crippen LogP contribution < -0.4 is 11.1 Å². The number of Topliss-reactive ketones (excluding diaryl/α,β-unsaturated/α-hetero) is 1. The van der Waals surface area contributed by atoms with Gasteiger partial charge in [0.1, 0.15) is 6.54 Å². The highest BCUT2D eigenvalue weighted by Gasteiger charge is 2.38. The zero-order chi connectivity index (χ0) is 17.6. The maximum atomic E-state index is 12.4. The molecule has 2 atom stereocenters. The third kappa shape index (κ3) is 5.66. The van der Waals surface area contributed by atoms with Crippen LogP contribution in [0.25, 0.3) is 0 Å². The molecule has 0 aliphatic carbocycles. The summed E-state index contributed by atoms with van der Waals surface area (Å²) in [6.07, 6.45) is -0.613. The molecule has 0 aromatic carbocycles. The molecule has 1 heterocycles. The molecule has 1 saturated heterocycles. The van der Waals surface area contributed by atoms with Crippen LogP contribution in [0.2, 0.25) is 0 Å². The Labute approximate surface area is 131 Å². The molecule has 0 bridgehead atoms. The van der Waals surface area contributed by atoms with E-state index in [0.717, 1.165) is 4.90 Å². The van der Waals surface area contributed by atoms with E-state index < -0.39 is 48.0 Å². The normalized spacial score (nSPS) is 18.6. The van der Waals surface area contributed by atoms with Crippen LogP contribution in [0, 0.1) is 5.92 Å². The van der Waals surface area contributed by atoms with Crippen molar-refractivity contribution in [2.24, 2.45) is 11.7 Å². The molecule has 0 saturated carbocycles. The first kappa shape index (κ1) is 18.6. The fourth-order valence-electron chi connectivity index (χ4n) is 2.37. The van der Waals surface area contributed by atoms with Crippen molar-refractivity contribution in [2.45, 2.75) is 25.3 Å². The maximum absolute atomic E-state index is 12.4. The van der Waals surface area contributed by atoms with E-state index in [-0.39, 0.29) is 32.4 Å². The fraction of sp³-hybridized carbons (Fsp3) is 0.615. The van der Waals surface area contributed by atoms with E-state index in [0.29, 0.717) is 0 Å². The van der Waals surface area contributed by atoms with Gasteiger partial charge in [0.2, 0.25) is 11.8 Å². The van der Waals surface area contributed by atoms with Crippen molar-refractivity contribution < 1.29 is 34.2 Å². The van der Waals surface area contributed by atoms with Gasteiger partial charge in [-0.25, -0.2) is 0 Å². The average molecular weight is 329 g/mol. The topological polar surface area (TPSA) is 167 Å². The molecule has 0 aromatic rings. The Kier molecular flexibility index (Phi) is 6.64. The average Bonchev–Trinajstić information content (AvgIpc) is 2.82. The number of nitrogens with zero attached hydrogens (tertiary/aromatic N) is 1. The van der Waals surface area contributed by atoms with Gasteiger partial charge in [-0.3, -0.25) is 24.0 Å². The molecular formula is C13H19N3O7. The summed E-state index contributed by atoms with van der Waals surface area (Å²) in [5, 5.41) is 19.8. The summed E-state index contributed by atoms with van der Waals surface area (Å²) in [7, 11) is 0. The number of nitrogens with one attached hydrogen (secondary N) is 1. The van der Waals surface area contributed by atoms with Crippen molar-refractivity contribution in [3.8, 4) is 0 Å². The number of carbonyl (C=O) groups is 5. The number of amides is 2. The van der Waals surface area contributed by atoms with Crippen LogP contribution in [0.4, 0.5) is 0 Å². The number of likely N-dealkylation sites (tertiary alicyclic amines) is 1. The van der Waals surface area contributed by atoms with E-state index >= 15 is 0 Å². The molecule has 1 aliphatic heterocycles. The molecule has 0 aromatic heterocycles. The van der Waals surface area contributed by atoms with Gasteiger partial charge >= 0.3 is 11.9 Å². The van der Waals surface area contributed by atoms with Gasteiger partial charge in [0.25, 0.3) is 0 Å². The zero-order valence-electron chi connectivity index (χ0n) is 12.4. The standard InChI is InChI=1S/C13H19N3O7/c14-4-9(17)15-8(1-2-11(19)20)13(23)7-3-10(18)16(5-7)6-12(21)22/h7-8H,1-6,14H2,(H,15,17)(H,19,20)(H,21,22)/t7-,8-/m0/s1. The van der Waals surface area contributed by atoms with Crippen LogP contribution in [0.1, 0.15) is 19.3 Å². The molecule has 10 nitrogen and oxygen atoms in total. The zero-order valence-corrected chi connectivity index (χ0v) is 12.4. The molecular weight excluding hydrogens is 310 g/mol. The number of carbonyl (C=O) groups excluding carboxylic acids is 3. The molecule has 23 heavy (non-hydrogen) atoms. The van der Waals surface area contributed by atoms with Gasteiger partial charge in [-0.05, 0) is 6.42 Å². The number of carboxylic acids is 2. The van der Waals surface area contributed by atoms with Crippen molar-refractivity contribution in [3.63, 3.8) is 0 Å². The predicted molar refractivity (Wildman–Crippen MR) is 75.2 cm³/mol. The number of rotatable bonds is 9. The Balaban J connectivity index is 2.75. The second kappa shape index (κ2) is 8.22. The summed E-state index contributed by atoms with van der Waals surface area (Å²) in [6.45, 7) is -0.921. The largest absolute Gasteiger partial charge is 0.481 e. The Morgan fingerprint density at radius 2 is 1.91 bits per heavy atom. The summed E-state index contributed by atoms with van der Waals surface area (Å²) < 4.78 is 0. The number of nitrogens with two attached hydrogens (primary N) is 1. The number of hydrogen-bond acceptors (Lipinski definition) is 6. The second-order valence-corrected chi connectivity index (χ2v) is 5.23. The Bertz CT molecular complexity index is 520. The smallest absolute Gasteiger partial charge is 0.323 e. The van der Waals surface area contributed by atoms with Crippen molar-refractivity contribution in [3.05, 3.63) is 0 Å². The summed E-state index contributed by atoms with van der Waals surface area (Å²) in [4.78, 5) is 57.8. The van der Waals surface area contributed by atoms with Gasteiger partial charge in [-0.15, -0.1) is 0 Å². The Morgan fingerprint density at radius 3 is 2.43 bits per heavy atom. The highest BCUT2D eigenvalue weighted by Crippen LogP contribution is 2.21. The van der Waals surface area contributed by atoms with Gasteiger partial charge in [0.15, 0.2) is 5.78 Å². The molecule has 2 amide bonds. The van der Waals surface area contributed by atoms with Gasteiger partial charge in [-0.1, -0.05) is 0 Å². The Hall–Kier alpha value is -2.49. The lowest BCUT2D eigenvalue weighted by atomic mass is 9.94. The predicted octanol–water partition coefficient (Wildman–Crippen LogP) is -2.20. The van der Waals surface area contributed by atoms with Gasteiger partial charge in [0.05, 0.1) is 12.6 Å². The quantitative estimate of drug-likeness (QED) is 0.369. The van der Waals surface area contributed by atoms with E-state index in [1.165, 1.54) is 0 Å². The minimum Gasteiger partial charge on any atom is -0.481 e. The van der Waals surface area contributed by atoms with Crippen molar-refractivity contribution in [2.75, 3.05) is 19.6 Å². The first-order valence-electron chi connectivity index (χ1n) is 6.99. The molecule has 0 spiro atoms. The van der Waals surface area contributed by atoms with E-state index in [1.54, 1.807) is 0 Å². The molecule has 0 radical (unpaired) electrons. The lowest BCUT2D eigenvalue weighted by molar-refractivity contribution is -0.142. The van der Waals surface area contributed by atoms with E-state index in [9.17, 15) is 24.0 Å². The third-order valence-electron chi connectivity index (χ3n) is 3.45. The molecule has 0 unspecified atom stereocenters. The number of aliphatic carboxylic acids is 2. The van der Waals surface area contributed by atoms with Crippen molar-refractivity contribution in [1.82, 2.24) is 10.2 Å². The molecule has 5 N–H and O–H groups in total. The number of ketones is 1.